The predicted octanol–water partition coefficient (Wildman–Crippen LogP) is 1.91. The first-order chi connectivity index (χ1) is 4.43. The third-order valence-electron chi connectivity index (χ3n) is 1.81. The highest BCUT2D eigenvalue weighted by Gasteiger charge is 2.06. The van der Waals surface area contributed by atoms with Crippen molar-refractivity contribution in [2.24, 2.45) is 5.92 Å². The van der Waals surface area contributed by atoms with E-state index in [9.17, 15) is 0 Å². The first kappa shape index (κ1) is 6.66. The van der Waals surface area contributed by atoms with Crippen LogP contribution in [0, 0.1) is 5.92 Å². The Hall–Kier alpha value is -0.460. The van der Waals surface area contributed by atoms with Crippen LogP contribution in [0.3, 0.4) is 0 Å². The van der Waals surface area contributed by atoms with E-state index in [2.05, 4.69) is 24.5 Å². The molecule has 1 unspecified atom stereocenters. The average molecular weight is 125 g/mol. The summed E-state index contributed by atoms with van der Waals surface area (Å²) in [5.74, 6) is 0.903. The average Bonchev–Trinajstić information content (AvgIpc) is 1.91. The summed E-state index contributed by atoms with van der Waals surface area (Å²) < 4.78 is 0. The van der Waals surface area contributed by atoms with Gasteiger partial charge in [-0.15, -0.1) is 0 Å². The molecule has 0 amide bonds. The van der Waals surface area contributed by atoms with Crippen LogP contribution in [0.15, 0.2) is 12.3 Å². The molecule has 0 aliphatic carbocycles. The second kappa shape index (κ2) is 3.54. The molecule has 0 aromatic rings. The summed E-state index contributed by atoms with van der Waals surface area (Å²) in [7, 11) is 0. The van der Waals surface area contributed by atoms with Crippen molar-refractivity contribution in [3.63, 3.8) is 0 Å². The van der Waals surface area contributed by atoms with Gasteiger partial charge in [0.1, 0.15) is 0 Å². The lowest BCUT2D eigenvalue weighted by molar-refractivity contribution is 0.455. The quantitative estimate of drug-likeness (QED) is 0.594. The lowest BCUT2D eigenvalue weighted by atomic mass is 9.98. The van der Waals surface area contributed by atoms with E-state index >= 15 is 0 Å². The van der Waals surface area contributed by atoms with Gasteiger partial charge in [0.25, 0.3) is 0 Å². The van der Waals surface area contributed by atoms with E-state index in [0.717, 1.165) is 5.92 Å². The first-order valence-electron chi connectivity index (χ1n) is 3.82. The highest BCUT2D eigenvalue weighted by Crippen LogP contribution is 2.12. The molecule has 0 fully saturated rings. The van der Waals surface area contributed by atoms with Gasteiger partial charge in [0, 0.05) is 6.54 Å². The maximum atomic E-state index is 3.24. The normalized spacial score (nSPS) is 25.7. The Morgan fingerprint density at radius 3 is 3.11 bits per heavy atom. The van der Waals surface area contributed by atoms with Crippen LogP contribution in [-0.2, 0) is 0 Å². The van der Waals surface area contributed by atoms with Crippen molar-refractivity contribution in [1.82, 2.24) is 5.32 Å². The highest BCUT2D eigenvalue weighted by atomic mass is 14.8. The first-order valence-corrected chi connectivity index (χ1v) is 3.82. The van der Waals surface area contributed by atoms with Crippen LogP contribution in [0.5, 0.6) is 0 Å². The van der Waals surface area contributed by atoms with Crippen molar-refractivity contribution in [3.8, 4) is 0 Å². The maximum absolute atomic E-state index is 3.24. The molecule has 0 saturated carbocycles. The Morgan fingerprint density at radius 1 is 1.67 bits per heavy atom. The fourth-order valence-corrected chi connectivity index (χ4v) is 1.29. The monoisotopic (exact) mass is 125 g/mol. The Morgan fingerprint density at radius 2 is 2.56 bits per heavy atom. The van der Waals surface area contributed by atoms with Crippen molar-refractivity contribution in [2.45, 2.75) is 26.2 Å². The van der Waals surface area contributed by atoms with Crippen LogP contribution < -0.4 is 5.32 Å². The predicted molar refractivity (Wildman–Crippen MR) is 40.2 cm³/mol. The molecule has 0 aromatic carbocycles. The number of allylic oxidation sites excluding steroid dienone is 1. The van der Waals surface area contributed by atoms with Crippen LogP contribution in [0.1, 0.15) is 26.2 Å². The van der Waals surface area contributed by atoms with Gasteiger partial charge < -0.3 is 5.32 Å². The van der Waals surface area contributed by atoms with Gasteiger partial charge in [0.15, 0.2) is 0 Å². The van der Waals surface area contributed by atoms with Crippen molar-refractivity contribution < 1.29 is 0 Å². The summed E-state index contributed by atoms with van der Waals surface area (Å²) in [6.07, 6.45) is 8.26. The summed E-state index contributed by atoms with van der Waals surface area (Å²) in [5, 5.41) is 3.24. The van der Waals surface area contributed by atoms with Gasteiger partial charge in [-0.05, 0) is 25.0 Å². The van der Waals surface area contributed by atoms with Gasteiger partial charge in [0.2, 0.25) is 0 Å². The molecule has 1 rings (SSSR count). The van der Waals surface area contributed by atoms with E-state index in [1.807, 2.05) is 0 Å². The molecule has 0 spiro atoms. The summed E-state index contributed by atoms with van der Waals surface area (Å²) in [6.45, 7) is 3.43. The van der Waals surface area contributed by atoms with E-state index in [-0.39, 0.29) is 0 Å². The lowest BCUT2D eigenvalue weighted by Crippen LogP contribution is -2.21. The van der Waals surface area contributed by atoms with E-state index in [0.29, 0.717) is 0 Å². The third kappa shape index (κ3) is 2.08. The van der Waals surface area contributed by atoms with Gasteiger partial charge in [-0.3, -0.25) is 0 Å². The van der Waals surface area contributed by atoms with Crippen molar-refractivity contribution >= 4 is 0 Å². The Balaban J connectivity index is 2.18. The van der Waals surface area contributed by atoms with E-state index in [1.165, 1.54) is 25.8 Å². The van der Waals surface area contributed by atoms with E-state index in [1.54, 1.807) is 0 Å². The molecule has 1 heteroatoms. The largest absolute Gasteiger partial charge is 0.391 e. The molecule has 1 atom stereocenters. The SMILES string of the molecule is CCCC1CC=CNC1. The van der Waals surface area contributed by atoms with E-state index < -0.39 is 0 Å². The van der Waals surface area contributed by atoms with Gasteiger partial charge in [-0.1, -0.05) is 19.4 Å². The molecule has 52 valence electrons. The summed E-state index contributed by atoms with van der Waals surface area (Å²) in [5.41, 5.74) is 0. The van der Waals surface area contributed by atoms with Crippen molar-refractivity contribution in [1.29, 1.82) is 0 Å². The van der Waals surface area contributed by atoms with Crippen LogP contribution in [0.2, 0.25) is 0 Å². The fourth-order valence-electron chi connectivity index (χ4n) is 1.29. The van der Waals surface area contributed by atoms with Crippen molar-refractivity contribution in [3.05, 3.63) is 12.3 Å². The van der Waals surface area contributed by atoms with Crippen LogP contribution in [-0.4, -0.2) is 6.54 Å². The standard InChI is InChI=1S/C8H15N/c1-2-4-8-5-3-6-9-7-8/h3,6,8-9H,2,4-5,7H2,1H3. The molecule has 1 nitrogen and oxygen atoms in total. The fraction of sp³-hybridized carbons (Fsp3) is 0.750. The second-order valence-electron chi connectivity index (χ2n) is 2.70. The molecule has 0 aromatic heterocycles. The minimum Gasteiger partial charge on any atom is -0.391 e. The molecule has 1 aliphatic rings. The van der Waals surface area contributed by atoms with Crippen LogP contribution >= 0.6 is 0 Å². The number of hydrogen-bond donors (Lipinski definition) is 1. The molecule has 0 radical (unpaired) electrons. The van der Waals surface area contributed by atoms with Gasteiger partial charge in [-0.2, -0.15) is 0 Å². The second-order valence-corrected chi connectivity index (χ2v) is 2.70. The topological polar surface area (TPSA) is 12.0 Å². The number of rotatable bonds is 2. The third-order valence-corrected chi connectivity index (χ3v) is 1.81. The zero-order valence-corrected chi connectivity index (χ0v) is 6.06. The highest BCUT2D eigenvalue weighted by molar-refractivity contribution is 4.88. The molecule has 1 heterocycles. The Bertz CT molecular complexity index is 96.7. The Kier molecular flexibility index (Phi) is 2.62. The zero-order valence-electron chi connectivity index (χ0n) is 6.06. The van der Waals surface area contributed by atoms with Gasteiger partial charge >= 0.3 is 0 Å². The molecule has 0 bridgehead atoms. The maximum Gasteiger partial charge on any atom is 0.0172 e. The van der Waals surface area contributed by atoms with Gasteiger partial charge in [-0.25, -0.2) is 0 Å². The van der Waals surface area contributed by atoms with Gasteiger partial charge in [0.05, 0.1) is 0 Å². The van der Waals surface area contributed by atoms with Crippen LogP contribution in [0.25, 0.3) is 0 Å². The number of hydrogen-bond acceptors (Lipinski definition) is 1. The lowest BCUT2D eigenvalue weighted by Gasteiger charge is -2.17. The van der Waals surface area contributed by atoms with E-state index in [4.69, 9.17) is 0 Å². The molecular formula is C8H15N. The van der Waals surface area contributed by atoms with Crippen LogP contribution in [0.4, 0.5) is 0 Å². The smallest absolute Gasteiger partial charge is 0.0172 e. The summed E-state index contributed by atoms with van der Waals surface area (Å²) in [4.78, 5) is 0. The zero-order chi connectivity index (χ0) is 6.53. The molecule has 9 heavy (non-hydrogen) atoms. The molecular weight excluding hydrogens is 110 g/mol. The summed E-state index contributed by atoms with van der Waals surface area (Å²) in [6, 6.07) is 0. The summed E-state index contributed by atoms with van der Waals surface area (Å²) >= 11 is 0. The number of nitrogens with one attached hydrogen (secondary N) is 1. The molecule has 0 saturated heterocycles. The minimum atomic E-state index is 0.903. The molecule has 1 aliphatic heterocycles. The van der Waals surface area contributed by atoms with Crippen molar-refractivity contribution in [2.75, 3.05) is 6.54 Å². The minimum absolute atomic E-state index is 0.903. The molecule has 1 N–H and O–H groups in total. The Labute approximate surface area is 57.1 Å².